The van der Waals surface area contributed by atoms with Crippen molar-refractivity contribution in [2.45, 2.75) is 47.5 Å². The first-order valence-corrected chi connectivity index (χ1v) is 4.73. The van der Waals surface area contributed by atoms with Crippen LogP contribution in [0.5, 0.6) is 0 Å². The molecule has 0 aromatic heterocycles. The smallest absolute Gasteiger partial charge is 0.145 e. The van der Waals surface area contributed by atoms with Crippen molar-refractivity contribution in [2.75, 3.05) is 0 Å². The van der Waals surface area contributed by atoms with E-state index < -0.39 is 0 Å². The molecule has 0 aromatic rings. The Kier molecular flexibility index (Phi) is 5.36. The topological polar surface area (TPSA) is 17.1 Å². The summed E-state index contributed by atoms with van der Waals surface area (Å²) in [5.41, 5.74) is 4.90. The summed E-state index contributed by atoms with van der Waals surface area (Å²) in [5.74, 6) is 0. The van der Waals surface area contributed by atoms with E-state index in [0.29, 0.717) is 0 Å². The third-order valence-corrected chi connectivity index (χ3v) is 2.58. The van der Waals surface area contributed by atoms with E-state index in [1.807, 2.05) is 13.8 Å². The minimum Gasteiger partial charge on any atom is -0.298 e. The zero-order chi connectivity index (χ0) is 10.4. The lowest BCUT2D eigenvalue weighted by Crippen LogP contribution is -1.88. The van der Waals surface area contributed by atoms with Crippen LogP contribution in [-0.2, 0) is 4.79 Å². The molecule has 0 aliphatic rings. The van der Waals surface area contributed by atoms with Gasteiger partial charge in [0.1, 0.15) is 6.29 Å². The molecule has 0 spiro atoms. The van der Waals surface area contributed by atoms with Crippen LogP contribution >= 0.6 is 0 Å². The van der Waals surface area contributed by atoms with Crippen LogP contribution in [0.3, 0.4) is 0 Å². The van der Waals surface area contributed by atoms with Crippen molar-refractivity contribution in [2.24, 2.45) is 0 Å². The average molecular weight is 180 g/mol. The fraction of sp³-hybridized carbons (Fsp3) is 0.583. The molecule has 0 atom stereocenters. The summed E-state index contributed by atoms with van der Waals surface area (Å²) in [5, 5.41) is 0. The molecule has 0 heterocycles. The molecule has 0 unspecified atom stereocenters. The molecule has 0 saturated heterocycles. The average Bonchev–Trinajstić information content (AvgIpc) is 2.11. The number of carbonyl (C=O) groups is 1. The summed E-state index contributed by atoms with van der Waals surface area (Å²) < 4.78 is 0. The first-order valence-electron chi connectivity index (χ1n) is 4.73. The van der Waals surface area contributed by atoms with Crippen LogP contribution in [0.1, 0.15) is 47.5 Å². The van der Waals surface area contributed by atoms with Gasteiger partial charge in [-0.3, -0.25) is 4.79 Å². The Morgan fingerprint density at radius 2 is 1.38 bits per heavy atom. The molecule has 0 aliphatic heterocycles. The summed E-state index contributed by atoms with van der Waals surface area (Å²) in [6.45, 7) is 10.3. The quantitative estimate of drug-likeness (QED) is 0.366. The van der Waals surface area contributed by atoms with E-state index in [4.69, 9.17) is 0 Å². The SMILES string of the molecule is CC(C)=C(C)CCC(C)=C(C)C=O. The lowest BCUT2D eigenvalue weighted by Gasteiger charge is -2.05. The number of carbonyl (C=O) groups excluding carboxylic acids is 1. The number of hydrogen-bond acceptors (Lipinski definition) is 1. The van der Waals surface area contributed by atoms with Crippen LogP contribution in [0.15, 0.2) is 22.3 Å². The molecule has 0 amide bonds. The van der Waals surface area contributed by atoms with Crippen molar-refractivity contribution >= 4 is 6.29 Å². The van der Waals surface area contributed by atoms with Gasteiger partial charge in [-0.1, -0.05) is 16.7 Å². The number of allylic oxidation sites excluding steroid dienone is 4. The Balaban J connectivity index is 4.20. The van der Waals surface area contributed by atoms with Gasteiger partial charge in [-0.2, -0.15) is 0 Å². The van der Waals surface area contributed by atoms with Crippen molar-refractivity contribution in [1.82, 2.24) is 0 Å². The molecule has 0 aliphatic carbocycles. The van der Waals surface area contributed by atoms with Gasteiger partial charge in [0, 0.05) is 0 Å². The van der Waals surface area contributed by atoms with Crippen molar-refractivity contribution in [3.05, 3.63) is 22.3 Å². The van der Waals surface area contributed by atoms with E-state index >= 15 is 0 Å². The van der Waals surface area contributed by atoms with Gasteiger partial charge in [-0.15, -0.1) is 0 Å². The van der Waals surface area contributed by atoms with Crippen molar-refractivity contribution in [1.29, 1.82) is 0 Å². The minimum atomic E-state index is 0.876. The minimum absolute atomic E-state index is 0.876. The monoisotopic (exact) mass is 180 g/mol. The van der Waals surface area contributed by atoms with Gasteiger partial charge in [0.05, 0.1) is 0 Å². The fourth-order valence-electron chi connectivity index (χ4n) is 0.923. The lowest BCUT2D eigenvalue weighted by molar-refractivity contribution is -0.104. The van der Waals surface area contributed by atoms with Gasteiger partial charge in [-0.25, -0.2) is 0 Å². The molecule has 0 rings (SSSR count). The van der Waals surface area contributed by atoms with Gasteiger partial charge in [0.2, 0.25) is 0 Å². The highest BCUT2D eigenvalue weighted by atomic mass is 16.1. The molecule has 0 bridgehead atoms. The Hall–Kier alpha value is -0.850. The summed E-state index contributed by atoms with van der Waals surface area (Å²) in [4.78, 5) is 10.5. The molecular formula is C12H20O. The summed E-state index contributed by atoms with van der Waals surface area (Å²) in [6, 6.07) is 0. The first kappa shape index (κ1) is 12.2. The zero-order valence-electron chi connectivity index (χ0n) is 9.40. The molecule has 0 saturated carbocycles. The standard InChI is InChI=1S/C12H20O/c1-9(2)10(3)6-7-11(4)12(5)8-13/h8H,6-7H2,1-5H3. The second-order valence-electron chi connectivity index (χ2n) is 3.86. The normalized spacial score (nSPS) is 12.1. The Morgan fingerprint density at radius 1 is 0.923 bits per heavy atom. The fourth-order valence-corrected chi connectivity index (χ4v) is 0.923. The Morgan fingerprint density at radius 3 is 1.77 bits per heavy atom. The van der Waals surface area contributed by atoms with Gasteiger partial charge >= 0.3 is 0 Å². The molecule has 74 valence electrons. The second kappa shape index (κ2) is 5.74. The van der Waals surface area contributed by atoms with Crippen LogP contribution in [-0.4, -0.2) is 6.29 Å². The molecule has 0 fully saturated rings. The number of aldehydes is 1. The third kappa shape index (κ3) is 4.66. The van der Waals surface area contributed by atoms with Crippen LogP contribution in [0.2, 0.25) is 0 Å². The van der Waals surface area contributed by atoms with E-state index in [1.54, 1.807) is 0 Å². The summed E-state index contributed by atoms with van der Waals surface area (Å²) in [7, 11) is 0. The number of hydrogen-bond donors (Lipinski definition) is 0. The molecule has 0 aromatic carbocycles. The molecule has 1 heteroatoms. The van der Waals surface area contributed by atoms with E-state index in [1.165, 1.54) is 16.7 Å². The maximum absolute atomic E-state index is 10.5. The predicted octanol–water partition coefficient (Wildman–Crippen LogP) is 3.66. The van der Waals surface area contributed by atoms with Crippen molar-refractivity contribution in [3.8, 4) is 0 Å². The van der Waals surface area contributed by atoms with Crippen LogP contribution in [0.25, 0.3) is 0 Å². The molecule has 0 N–H and O–H groups in total. The zero-order valence-corrected chi connectivity index (χ0v) is 9.40. The highest BCUT2D eigenvalue weighted by Gasteiger charge is 1.97. The highest BCUT2D eigenvalue weighted by molar-refractivity contribution is 5.73. The maximum atomic E-state index is 10.5. The summed E-state index contributed by atoms with van der Waals surface area (Å²) in [6.07, 6.45) is 3.01. The van der Waals surface area contributed by atoms with Crippen molar-refractivity contribution in [3.63, 3.8) is 0 Å². The molecular weight excluding hydrogens is 160 g/mol. The van der Waals surface area contributed by atoms with Crippen LogP contribution in [0.4, 0.5) is 0 Å². The van der Waals surface area contributed by atoms with E-state index in [9.17, 15) is 4.79 Å². The van der Waals surface area contributed by atoms with Gasteiger partial charge < -0.3 is 0 Å². The van der Waals surface area contributed by atoms with E-state index in [0.717, 1.165) is 24.7 Å². The largest absolute Gasteiger partial charge is 0.298 e. The Labute approximate surface area is 81.5 Å². The van der Waals surface area contributed by atoms with Crippen LogP contribution < -0.4 is 0 Å². The van der Waals surface area contributed by atoms with E-state index in [2.05, 4.69) is 20.8 Å². The molecule has 13 heavy (non-hydrogen) atoms. The Bertz CT molecular complexity index is 240. The first-order chi connectivity index (χ1) is 5.99. The number of rotatable bonds is 4. The maximum Gasteiger partial charge on any atom is 0.145 e. The lowest BCUT2D eigenvalue weighted by atomic mass is 10.0. The summed E-state index contributed by atoms with van der Waals surface area (Å²) >= 11 is 0. The van der Waals surface area contributed by atoms with Gasteiger partial charge in [0.15, 0.2) is 0 Å². The highest BCUT2D eigenvalue weighted by Crippen LogP contribution is 2.15. The third-order valence-electron chi connectivity index (χ3n) is 2.58. The van der Waals surface area contributed by atoms with Gasteiger partial charge in [0.25, 0.3) is 0 Å². The second-order valence-corrected chi connectivity index (χ2v) is 3.86. The van der Waals surface area contributed by atoms with E-state index in [-0.39, 0.29) is 0 Å². The van der Waals surface area contributed by atoms with Gasteiger partial charge in [-0.05, 0) is 53.0 Å². The van der Waals surface area contributed by atoms with Crippen LogP contribution in [0, 0.1) is 0 Å². The molecule has 0 radical (unpaired) electrons. The van der Waals surface area contributed by atoms with Crippen molar-refractivity contribution < 1.29 is 4.79 Å². The molecule has 1 nitrogen and oxygen atoms in total. The predicted molar refractivity (Wildman–Crippen MR) is 57.7 cm³/mol.